The van der Waals surface area contributed by atoms with Crippen molar-refractivity contribution in [2.24, 2.45) is 5.41 Å². The zero-order valence-corrected chi connectivity index (χ0v) is 20.5. The summed E-state index contributed by atoms with van der Waals surface area (Å²) in [7, 11) is 0. The Bertz CT molecular complexity index is 1200. The molecule has 4 nitrogen and oxygen atoms in total. The molecule has 0 fully saturated rings. The second kappa shape index (κ2) is 10.2. The van der Waals surface area contributed by atoms with Gasteiger partial charge in [0.1, 0.15) is 24.4 Å². The Balaban J connectivity index is 1.82. The number of benzene rings is 1. The average Bonchev–Trinajstić information content (AvgIpc) is 3.23. The summed E-state index contributed by atoms with van der Waals surface area (Å²) in [5.74, 6) is -0.548. The number of carbonyl (C=O) groups excluding carboxylic acids is 1. The zero-order valence-electron chi connectivity index (χ0n) is 19.7. The van der Waals surface area contributed by atoms with Crippen molar-refractivity contribution in [2.75, 3.05) is 13.2 Å². The van der Waals surface area contributed by atoms with Gasteiger partial charge in [-0.25, -0.2) is 4.79 Å². The van der Waals surface area contributed by atoms with Gasteiger partial charge in [0.15, 0.2) is 0 Å². The minimum Gasteiger partial charge on any atom is -0.492 e. The summed E-state index contributed by atoms with van der Waals surface area (Å²) < 4.78 is 52.4. The number of esters is 1. The molecule has 182 valence electrons. The molecule has 0 aliphatic carbocycles. The third-order valence-corrected chi connectivity index (χ3v) is 6.73. The quantitative estimate of drug-likeness (QED) is 0.235. The number of thiophene rings is 1. The van der Waals surface area contributed by atoms with Gasteiger partial charge in [-0.3, -0.25) is 4.98 Å². The first-order valence-corrected chi connectivity index (χ1v) is 11.8. The Hall–Kier alpha value is -2.87. The fourth-order valence-electron chi connectivity index (χ4n) is 3.27. The van der Waals surface area contributed by atoms with Gasteiger partial charge in [-0.15, -0.1) is 11.3 Å². The molecule has 1 unspecified atom stereocenters. The number of nitrogens with zero attached hydrogens (tertiary/aromatic N) is 1. The maximum atomic E-state index is 13.7. The molecular weight excluding hydrogens is 463 g/mol. The smallest absolute Gasteiger partial charge is 0.400 e. The Kier molecular flexibility index (Phi) is 7.70. The number of carbonyl (C=O) groups is 1. The van der Waals surface area contributed by atoms with Crippen molar-refractivity contribution in [3.63, 3.8) is 0 Å². The molecule has 0 spiro atoms. The van der Waals surface area contributed by atoms with E-state index in [0.717, 1.165) is 51.7 Å². The van der Waals surface area contributed by atoms with Crippen LogP contribution in [0.5, 0.6) is 5.75 Å². The Morgan fingerprint density at radius 3 is 2.44 bits per heavy atom. The lowest BCUT2D eigenvalue weighted by Gasteiger charge is -2.31. The highest BCUT2D eigenvalue weighted by molar-refractivity contribution is 7.22. The van der Waals surface area contributed by atoms with Gasteiger partial charge >= 0.3 is 12.1 Å². The van der Waals surface area contributed by atoms with E-state index in [1.807, 2.05) is 12.1 Å². The van der Waals surface area contributed by atoms with Gasteiger partial charge in [-0.1, -0.05) is 20.4 Å². The molecule has 0 saturated carbocycles. The van der Waals surface area contributed by atoms with Crippen molar-refractivity contribution in [3.05, 3.63) is 59.9 Å². The third-order valence-electron chi connectivity index (χ3n) is 5.60. The number of rotatable bonds is 9. The minimum atomic E-state index is -4.63. The van der Waals surface area contributed by atoms with E-state index in [-0.39, 0.29) is 5.57 Å². The van der Waals surface area contributed by atoms with Crippen LogP contribution in [0.1, 0.15) is 39.1 Å². The lowest BCUT2D eigenvalue weighted by Crippen LogP contribution is -2.44. The van der Waals surface area contributed by atoms with Gasteiger partial charge in [0.25, 0.3) is 0 Å². The summed E-state index contributed by atoms with van der Waals surface area (Å²) in [5, 5.41) is 0.975. The Morgan fingerprint density at radius 2 is 1.82 bits per heavy atom. The van der Waals surface area contributed by atoms with Crippen LogP contribution in [0, 0.1) is 5.41 Å². The number of hydrogen-bond donors (Lipinski definition) is 0. The van der Waals surface area contributed by atoms with Gasteiger partial charge in [0, 0.05) is 32.1 Å². The number of alkyl halides is 3. The van der Waals surface area contributed by atoms with Gasteiger partial charge in [-0.05, 0) is 68.5 Å². The molecule has 8 heteroatoms. The Labute approximate surface area is 201 Å². The number of ether oxygens (including phenoxy) is 2. The van der Waals surface area contributed by atoms with Crippen LogP contribution in [0.4, 0.5) is 13.2 Å². The molecule has 1 aromatic carbocycles. The fourth-order valence-corrected chi connectivity index (χ4v) is 4.41. The van der Waals surface area contributed by atoms with Gasteiger partial charge in [0.05, 0.1) is 0 Å². The van der Waals surface area contributed by atoms with Crippen LogP contribution in [-0.4, -0.2) is 30.3 Å². The number of aryl methyl sites for hydroxylation is 2. The van der Waals surface area contributed by atoms with Crippen LogP contribution in [0.15, 0.2) is 48.6 Å². The van der Waals surface area contributed by atoms with Crippen molar-refractivity contribution in [2.45, 2.75) is 46.7 Å². The van der Waals surface area contributed by atoms with Gasteiger partial charge in [0.2, 0.25) is 0 Å². The highest BCUT2D eigenvalue weighted by Crippen LogP contribution is 2.40. The molecule has 0 amide bonds. The molecule has 3 aromatic rings. The number of aromatic nitrogens is 1. The lowest BCUT2D eigenvalue weighted by atomic mass is 9.92. The van der Waals surface area contributed by atoms with E-state index in [0.29, 0.717) is 5.75 Å². The van der Waals surface area contributed by atoms with Crippen LogP contribution in [0.2, 0.25) is 0 Å². The summed E-state index contributed by atoms with van der Waals surface area (Å²) in [6, 6.07) is 11.4. The van der Waals surface area contributed by atoms with E-state index < -0.39 is 30.8 Å². The molecule has 34 heavy (non-hydrogen) atoms. The molecule has 0 aliphatic heterocycles. The van der Waals surface area contributed by atoms with Crippen molar-refractivity contribution < 1.29 is 27.4 Å². The van der Waals surface area contributed by atoms with Crippen molar-refractivity contribution in [1.29, 1.82) is 0 Å². The second-order valence-corrected chi connectivity index (χ2v) is 9.60. The first-order chi connectivity index (χ1) is 16.0. The zero-order chi connectivity index (χ0) is 25.1. The number of halogens is 3. The predicted molar refractivity (Wildman–Crippen MR) is 129 cm³/mol. The predicted octanol–water partition coefficient (Wildman–Crippen LogP) is 7.15. The normalized spacial score (nSPS) is 13.5. The number of pyridine rings is 1. The molecule has 0 bridgehead atoms. The van der Waals surface area contributed by atoms with Gasteiger partial charge in [-0.2, -0.15) is 13.2 Å². The summed E-state index contributed by atoms with van der Waals surface area (Å²) >= 11 is 1.54. The van der Waals surface area contributed by atoms with E-state index >= 15 is 0 Å². The lowest BCUT2D eigenvalue weighted by molar-refractivity contribution is -0.240. The average molecular weight is 492 g/mol. The molecule has 0 N–H and O–H groups in total. The molecule has 2 aromatic heterocycles. The van der Waals surface area contributed by atoms with Crippen LogP contribution < -0.4 is 4.74 Å². The van der Waals surface area contributed by atoms with Crippen LogP contribution >= 0.6 is 11.3 Å². The van der Waals surface area contributed by atoms with E-state index in [1.165, 1.54) is 6.92 Å². The van der Waals surface area contributed by atoms with Gasteiger partial charge < -0.3 is 9.47 Å². The van der Waals surface area contributed by atoms with Crippen LogP contribution in [0.3, 0.4) is 0 Å². The van der Waals surface area contributed by atoms with Crippen molar-refractivity contribution in [3.8, 4) is 16.2 Å². The summed E-state index contributed by atoms with van der Waals surface area (Å²) in [6.07, 6.45) is -2.96. The first kappa shape index (κ1) is 25.7. The highest BCUT2D eigenvalue weighted by Gasteiger charge is 2.53. The maximum absolute atomic E-state index is 13.7. The van der Waals surface area contributed by atoms with Crippen molar-refractivity contribution >= 4 is 27.4 Å². The minimum absolute atomic E-state index is 0.0372. The molecule has 0 radical (unpaired) electrons. The van der Waals surface area contributed by atoms with E-state index in [9.17, 15) is 18.0 Å². The molecule has 0 aliphatic rings. The van der Waals surface area contributed by atoms with Crippen LogP contribution in [-0.2, 0) is 22.4 Å². The monoisotopic (exact) mass is 491 g/mol. The standard InChI is InChI=1S/C26H28F3NO3S/c1-6-18-9-11-20(21(7-2)30-18)23-12-17-8-10-19(13-22(17)34-23)32-14-25(5,26(27,28)29)15-33-24(31)16(3)4/h8-13H,3,6-7,14-15H2,1-2,4-5H3. The molecule has 3 rings (SSSR count). The second-order valence-electron chi connectivity index (χ2n) is 8.52. The van der Waals surface area contributed by atoms with E-state index in [1.54, 1.807) is 23.5 Å². The first-order valence-electron chi connectivity index (χ1n) is 11.0. The Morgan fingerprint density at radius 1 is 1.09 bits per heavy atom. The van der Waals surface area contributed by atoms with Crippen molar-refractivity contribution in [1.82, 2.24) is 4.98 Å². The third kappa shape index (κ3) is 5.60. The summed E-state index contributed by atoms with van der Waals surface area (Å²) in [6.45, 7) is 8.34. The van der Waals surface area contributed by atoms with E-state index in [2.05, 4.69) is 32.6 Å². The molecule has 2 heterocycles. The number of fused-ring (bicyclic) bond motifs is 1. The highest BCUT2D eigenvalue weighted by atomic mass is 32.1. The van der Waals surface area contributed by atoms with E-state index in [4.69, 9.17) is 14.5 Å². The molecule has 1 atom stereocenters. The topological polar surface area (TPSA) is 48.4 Å². The fraction of sp³-hybridized carbons (Fsp3) is 0.385. The maximum Gasteiger partial charge on any atom is 0.400 e. The molecular formula is C26H28F3NO3S. The summed E-state index contributed by atoms with van der Waals surface area (Å²) in [4.78, 5) is 17.4. The SMILES string of the molecule is C=C(C)C(=O)OCC(C)(COc1ccc2cc(-c3ccc(CC)nc3CC)sc2c1)C(F)(F)F. The van der Waals surface area contributed by atoms with Crippen LogP contribution in [0.25, 0.3) is 20.5 Å². The summed E-state index contributed by atoms with van der Waals surface area (Å²) in [5.41, 5.74) is 0.797. The molecule has 0 saturated heterocycles. The largest absolute Gasteiger partial charge is 0.492 e. The number of hydrogen-bond acceptors (Lipinski definition) is 5.